The number of hydrogen-bond donors (Lipinski definition) is 2. The highest BCUT2D eigenvalue weighted by Gasteiger charge is 2.15. The predicted molar refractivity (Wildman–Crippen MR) is 75.0 cm³/mol. The number of carbonyl (C=O) groups is 1. The van der Waals surface area contributed by atoms with Crippen molar-refractivity contribution >= 4 is 26.3 Å². The molecule has 1 aromatic heterocycles. The van der Waals surface area contributed by atoms with Gasteiger partial charge in [-0.3, -0.25) is 9.78 Å². The predicted octanol–water partition coefficient (Wildman–Crippen LogP) is 2.11. The molecule has 4 N–H and O–H groups in total. The first kappa shape index (κ1) is 12.2. The highest BCUT2D eigenvalue weighted by Crippen LogP contribution is 2.28. The fourth-order valence-electron chi connectivity index (χ4n) is 1.67. The minimum Gasteiger partial charge on any atom is -0.397 e. The normalized spacial score (nSPS) is 10.0. The van der Waals surface area contributed by atoms with Gasteiger partial charge < -0.3 is 11.5 Å². The van der Waals surface area contributed by atoms with E-state index in [-0.39, 0.29) is 5.91 Å². The molecule has 1 aromatic carbocycles. The number of anilines is 2. The van der Waals surface area contributed by atoms with Crippen molar-refractivity contribution in [2.75, 3.05) is 11.5 Å². The van der Waals surface area contributed by atoms with Crippen LogP contribution in [-0.4, -0.2) is 10.9 Å². The van der Waals surface area contributed by atoms with Crippen molar-refractivity contribution in [3.8, 4) is 11.3 Å². The maximum absolute atomic E-state index is 11.7. The van der Waals surface area contributed by atoms with E-state index in [2.05, 4.69) is 18.8 Å². The number of amides is 1. The maximum atomic E-state index is 11.7. The molecule has 1 amide bonds. The topological polar surface area (TPSA) is 94.4 Å². The molecule has 0 aliphatic rings. The van der Waals surface area contributed by atoms with E-state index in [4.69, 9.17) is 11.5 Å². The van der Waals surface area contributed by atoms with E-state index >= 15 is 0 Å². The fraction of sp³-hybridized carbons (Fsp3) is 0. The van der Waals surface area contributed by atoms with Crippen molar-refractivity contribution in [2.24, 2.45) is 4.74 Å². The second-order valence-corrected chi connectivity index (χ2v) is 3.94. The standard InChI is InChI=1S/C12H11N4OP/c13-7-5-10(14)11(15-6-7)8-3-1-2-4-9(8)12(17)16-18/h1-6,18H,13-14H2/p+1. The minimum atomic E-state index is -0.339. The largest absolute Gasteiger partial charge is 0.397 e. The lowest BCUT2D eigenvalue weighted by atomic mass is 10.0. The van der Waals surface area contributed by atoms with Crippen LogP contribution in [0.25, 0.3) is 11.3 Å². The summed E-state index contributed by atoms with van der Waals surface area (Å²) in [6, 6.07) is 8.65. The summed E-state index contributed by atoms with van der Waals surface area (Å²) in [6.07, 6.45) is 1.50. The van der Waals surface area contributed by atoms with Crippen LogP contribution in [0.2, 0.25) is 0 Å². The number of aromatic nitrogens is 1. The number of hydrogen-bond acceptors (Lipinski definition) is 4. The number of pyridine rings is 1. The number of nitrogens with two attached hydrogens (primary N) is 2. The summed E-state index contributed by atoms with van der Waals surface area (Å²) in [4.78, 5) is 15.9. The molecule has 90 valence electrons. The van der Waals surface area contributed by atoms with Crippen molar-refractivity contribution in [2.45, 2.75) is 0 Å². The van der Waals surface area contributed by atoms with Gasteiger partial charge in [-0.15, -0.1) is 0 Å². The van der Waals surface area contributed by atoms with Crippen molar-refractivity contribution in [1.82, 2.24) is 4.98 Å². The number of nitrogens with zero attached hydrogens (tertiary/aromatic N) is 2. The van der Waals surface area contributed by atoms with Gasteiger partial charge in [-0.05, 0) is 16.9 Å². The van der Waals surface area contributed by atoms with E-state index in [1.54, 1.807) is 24.3 Å². The van der Waals surface area contributed by atoms with Crippen LogP contribution in [0.3, 0.4) is 0 Å². The Bertz CT molecular complexity index is 627. The van der Waals surface area contributed by atoms with Gasteiger partial charge in [0.1, 0.15) is 0 Å². The second-order valence-electron chi connectivity index (χ2n) is 3.69. The molecule has 2 rings (SSSR count). The van der Waals surface area contributed by atoms with Crippen molar-refractivity contribution in [1.29, 1.82) is 0 Å². The second kappa shape index (κ2) is 4.94. The zero-order valence-corrected chi connectivity index (χ0v) is 10.7. The quantitative estimate of drug-likeness (QED) is 0.807. The first-order valence-electron chi connectivity index (χ1n) is 5.19. The molecule has 0 bridgehead atoms. The first-order valence-corrected chi connectivity index (χ1v) is 5.70. The molecule has 1 atom stereocenters. The molecule has 0 spiro atoms. The Morgan fingerprint density at radius 3 is 2.67 bits per heavy atom. The lowest BCUT2D eigenvalue weighted by Gasteiger charge is -2.08. The van der Waals surface area contributed by atoms with E-state index in [1.807, 2.05) is 6.07 Å². The third-order valence-corrected chi connectivity index (χ3v) is 2.70. The Morgan fingerprint density at radius 2 is 2.00 bits per heavy atom. The average Bonchev–Trinajstić information content (AvgIpc) is 2.38. The van der Waals surface area contributed by atoms with Gasteiger partial charge >= 0.3 is 5.91 Å². The summed E-state index contributed by atoms with van der Waals surface area (Å²) in [5.41, 5.74) is 14.0. The van der Waals surface area contributed by atoms with Gasteiger partial charge in [0.05, 0.1) is 28.8 Å². The fourth-order valence-corrected chi connectivity index (χ4v) is 1.81. The Kier molecular flexibility index (Phi) is 3.35. The number of rotatable bonds is 2. The molecule has 0 aliphatic carbocycles. The summed E-state index contributed by atoms with van der Waals surface area (Å²) in [5, 5.41) is 0. The molecular weight excluding hydrogens is 247 g/mol. The summed E-state index contributed by atoms with van der Waals surface area (Å²) < 4.78 is 3.58. The van der Waals surface area contributed by atoms with Crippen LogP contribution in [0.1, 0.15) is 10.4 Å². The molecular formula is C12H12N4OP+. The molecule has 1 unspecified atom stereocenters. The van der Waals surface area contributed by atoms with Gasteiger partial charge in [0.15, 0.2) is 9.03 Å². The SMILES string of the molecule is Nc1cnc(-c2ccccc2C(=O)N=[PH2+])c(N)c1. The van der Waals surface area contributed by atoms with Crippen LogP contribution in [0, 0.1) is 0 Å². The average molecular weight is 259 g/mol. The molecule has 5 nitrogen and oxygen atoms in total. The zero-order chi connectivity index (χ0) is 13.1. The third kappa shape index (κ3) is 2.21. The summed E-state index contributed by atoms with van der Waals surface area (Å²) in [6.45, 7) is 0. The molecule has 18 heavy (non-hydrogen) atoms. The van der Waals surface area contributed by atoms with E-state index in [0.717, 1.165) is 0 Å². The van der Waals surface area contributed by atoms with Gasteiger partial charge in [-0.1, -0.05) is 18.2 Å². The van der Waals surface area contributed by atoms with Gasteiger partial charge in [0.2, 0.25) is 0 Å². The number of benzene rings is 1. The van der Waals surface area contributed by atoms with Crippen LogP contribution in [-0.2, 0) is 0 Å². The lowest BCUT2D eigenvalue weighted by molar-refractivity contribution is 0.101. The van der Waals surface area contributed by atoms with Crippen LogP contribution < -0.4 is 11.5 Å². The van der Waals surface area contributed by atoms with Crippen LogP contribution in [0.5, 0.6) is 0 Å². The minimum absolute atomic E-state index is 0.339. The highest BCUT2D eigenvalue weighted by molar-refractivity contribution is 7.05. The van der Waals surface area contributed by atoms with E-state index in [0.29, 0.717) is 28.2 Å². The monoisotopic (exact) mass is 259 g/mol. The van der Waals surface area contributed by atoms with Crippen molar-refractivity contribution in [3.63, 3.8) is 0 Å². The Labute approximate surface area is 106 Å². The van der Waals surface area contributed by atoms with Gasteiger partial charge in [0.25, 0.3) is 0 Å². The Balaban J connectivity index is 2.64. The number of carbonyl (C=O) groups excluding carboxylic acids is 1. The zero-order valence-electron chi connectivity index (χ0n) is 9.50. The smallest absolute Gasteiger partial charge is 0.317 e. The van der Waals surface area contributed by atoms with Gasteiger partial charge in [-0.25, -0.2) is 0 Å². The van der Waals surface area contributed by atoms with Gasteiger partial charge in [0, 0.05) is 5.56 Å². The number of nitrogen functional groups attached to an aromatic ring is 2. The van der Waals surface area contributed by atoms with E-state index < -0.39 is 0 Å². The molecule has 0 saturated carbocycles. The van der Waals surface area contributed by atoms with E-state index in [1.165, 1.54) is 6.20 Å². The van der Waals surface area contributed by atoms with E-state index in [9.17, 15) is 4.79 Å². The molecule has 1 heterocycles. The Morgan fingerprint density at radius 1 is 1.28 bits per heavy atom. The molecule has 0 aliphatic heterocycles. The molecule has 0 saturated heterocycles. The lowest BCUT2D eigenvalue weighted by Crippen LogP contribution is -2.01. The molecule has 0 radical (unpaired) electrons. The van der Waals surface area contributed by atoms with Crippen molar-refractivity contribution in [3.05, 3.63) is 42.1 Å². The summed E-state index contributed by atoms with van der Waals surface area (Å²) in [7, 11) is 2.05. The summed E-state index contributed by atoms with van der Waals surface area (Å²) in [5.74, 6) is -0.339. The van der Waals surface area contributed by atoms with Crippen LogP contribution >= 0.6 is 9.03 Å². The highest BCUT2D eigenvalue weighted by atomic mass is 31.0. The Hall–Kier alpha value is -2.26. The third-order valence-electron chi connectivity index (χ3n) is 2.47. The van der Waals surface area contributed by atoms with Crippen LogP contribution in [0.15, 0.2) is 41.3 Å². The molecule has 0 fully saturated rings. The van der Waals surface area contributed by atoms with Gasteiger partial charge in [-0.2, -0.15) is 0 Å². The first-order chi connectivity index (χ1) is 8.63. The van der Waals surface area contributed by atoms with Crippen molar-refractivity contribution < 1.29 is 4.79 Å². The molecule has 6 heteroatoms. The molecule has 2 aromatic rings. The summed E-state index contributed by atoms with van der Waals surface area (Å²) >= 11 is 0. The van der Waals surface area contributed by atoms with Crippen LogP contribution in [0.4, 0.5) is 11.4 Å². The maximum Gasteiger partial charge on any atom is 0.317 e.